The summed E-state index contributed by atoms with van der Waals surface area (Å²) in [7, 11) is 0. The van der Waals surface area contributed by atoms with Gasteiger partial charge in [0.2, 0.25) is 0 Å². The van der Waals surface area contributed by atoms with Crippen LogP contribution >= 0.6 is 0 Å². The second kappa shape index (κ2) is 6.28. The summed E-state index contributed by atoms with van der Waals surface area (Å²) >= 11 is 0. The van der Waals surface area contributed by atoms with Gasteiger partial charge in [-0.25, -0.2) is 9.78 Å². The first-order chi connectivity index (χ1) is 9.85. The largest absolute Gasteiger partial charge is 0.444 e. The first-order valence-corrected chi connectivity index (χ1v) is 7.34. The molecule has 1 aromatic heterocycles. The van der Waals surface area contributed by atoms with E-state index in [1.807, 2.05) is 27.7 Å². The minimum absolute atomic E-state index is 0.350. The lowest BCUT2D eigenvalue weighted by Crippen LogP contribution is -2.36. The molecule has 21 heavy (non-hydrogen) atoms. The normalized spacial score (nSPS) is 18.7. The Labute approximate surface area is 125 Å². The van der Waals surface area contributed by atoms with Gasteiger partial charge in [0.1, 0.15) is 11.4 Å². The fraction of sp³-hybridized carbons (Fsp3) is 0.667. The van der Waals surface area contributed by atoms with Crippen molar-refractivity contribution in [2.75, 3.05) is 24.5 Å². The second-order valence-electron chi connectivity index (χ2n) is 6.45. The van der Waals surface area contributed by atoms with Gasteiger partial charge < -0.3 is 15.0 Å². The number of nitrogens with zero attached hydrogens (tertiary/aromatic N) is 3. The van der Waals surface area contributed by atoms with E-state index in [-0.39, 0.29) is 6.09 Å². The Bertz CT molecular complexity index is 499. The Morgan fingerprint density at radius 3 is 2.81 bits per heavy atom. The zero-order valence-corrected chi connectivity index (χ0v) is 13.2. The molecule has 1 saturated heterocycles. The predicted octanol–water partition coefficient (Wildman–Crippen LogP) is 2.14. The van der Waals surface area contributed by atoms with E-state index in [4.69, 9.17) is 4.74 Å². The van der Waals surface area contributed by atoms with Gasteiger partial charge in [0.15, 0.2) is 0 Å². The van der Waals surface area contributed by atoms with Gasteiger partial charge in [-0.05, 0) is 40.0 Å². The van der Waals surface area contributed by atoms with Crippen LogP contribution in [0.25, 0.3) is 0 Å². The van der Waals surface area contributed by atoms with Crippen LogP contribution in [0, 0.1) is 12.8 Å². The molecule has 2 heterocycles. The number of carbonyl (C=O) groups excluding carboxylic acids is 1. The van der Waals surface area contributed by atoms with Gasteiger partial charge in [-0.1, -0.05) is 0 Å². The van der Waals surface area contributed by atoms with Crippen molar-refractivity contribution in [1.82, 2.24) is 15.3 Å². The van der Waals surface area contributed by atoms with Gasteiger partial charge in [-0.15, -0.1) is 0 Å². The second-order valence-corrected chi connectivity index (χ2v) is 6.45. The molecule has 0 spiro atoms. The van der Waals surface area contributed by atoms with Crippen LogP contribution in [0.4, 0.5) is 10.6 Å². The average Bonchev–Trinajstić information content (AvgIpc) is 2.83. The zero-order chi connectivity index (χ0) is 15.5. The number of alkyl carbamates (subject to hydrolysis) is 1. The minimum Gasteiger partial charge on any atom is -0.444 e. The van der Waals surface area contributed by atoms with Crippen molar-refractivity contribution in [3.63, 3.8) is 0 Å². The van der Waals surface area contributed by atoms with E-state index in [1.165, 1.54) is 0 Å². The molecule has 1 atom stereocenters. The van der Waals surface area contributed by atoms with Crippen molar-refractivity contribution in [3.8, 4) is 0 Å². The third-order valence-corrected chi connectivity index (χ3v) is 3.37. The summed E-state index contributed by atoms with van der Waals surface area (Å²) in [6.45, 7) is 10.0. The number of anilines is 1. The van der Waals surface area contributed by atoms with Crippen molar-refractivity contribution in [2.24, 2.45) is 5.92 Å². The Balaban J connectivity index is 1.81. The molecular formula is C15H24N4O2. The number of hydrogen-bond donors (Lipinski definition) is 1. The number of hydrogen-bond acceptors (Lipinski definition) is 5. The molecule has 1 aromatic rings. The van der Waals surface area contributed by atoms with Crippen molar-refractivity contribution >= 4 is 11.9 Å². The minimum atomic E-state index is -0.456. The summed E-state index contributed by atoms with van der Waals surface area (Å²) in [4.78, 5) is 22.5. The monoisotopic (exact) mass is 292 g/mol. The molecule has 0 unspecified atom stereocenters. The molecule has 2 rings (SSSR count). The topological polar surface area (TPSA) is 67.4 Å². The lowest BCUT2D eigenvalue weighted by molar-refractivity contribution is 0.0520. The van der Waals surface area contributed by atoms with Crippen molar-refractivity contribution in [2.45, 2.75) is 39.7 Å². The predicted molar refractivity (Wildman–Crippen MR) is 81.3 cm³/mol. The average molecular weight is 292 g/mol. The molecule has 6 heteroatoms. The molecule has 116 valence electrons. The van der Waals surface area contributed by atoms with Crippen molar-refractivity contribution < 1.29 is 9.53 Å². The number of nitrogens with one attached hydrogen (secondary N) is 1. The van der Waals surface area contributed by atoms with Gasteiger partial charge >= 0.3 is 6.09 Å². The van der Waals surface area contributed by atoms with E-state index in [1.54, 1.807) is 12.4 Å². The molecule has 0 saturated carbocycles. The highest BCUT2D eigenvalue weighted by Gasteiger charge is 2.25. The first-order valence-electron chi connectivity index (χ1n) is 7.34. The van der Waals surface area contributed by atoms with Crippen LogP contribution in [0.15, 0.2) is 12.4 Å². The quantitative estimate of drug-likeness (QED) is 0.924. The summed E-state index contributed by atoms with van der Waals surface area (Å²) in [5, 5.41) is 2.84. The van der Waals surface area contributed by atoms with Crippen molar-refractivity contribution in [3.05, 3.63) is 18.1 Å². The smallest absolute Gasteiger partial charge is 0.407 e. The maximum absolute atomic E-state index is 11.7. The summed E-state index contributed by atoms with van der Waals surface area (Å²) in [6.07, 6.45) is 4.10. The summed E-state index contributed by atoms with van der Waals surface area (Å²) in [5.74, 6) is 1.36. The molecule has 0 aromatic carbocycles. The summed E-state index contributed by atoms with van der Waals surface area (Å²) in [5.41, 5.74) is 0.487. The molecule has 0 bridgehead atoms. The molecule has 6 nitrogen and oxygen atoms in total. The van der Waals surface area contributed by atoms with Crippen LogP contribution < -0.4 is 10.2 Å². The number of aryl methyl sites for hydroxylation is 1. The molecular weight excluding hydrogens is 268 g/mol. The van der Waals surface area contributed by atoms with Gasteiger partial charge in [0.25, 0.3) is 0 Å². The maximum atomic E-state index is 11.7. The number of rotatable bonds is 3. The molecule has 1 N–H and O–H groups in total. The van der Waals surface area contributed by atoms with E-state index < -0.39 is 5.60 Å². The highest BCUT2D eigenvalue weighted by molar-refractivity contribution is 5.67. The van der Waals surface area contributed by atoms with Crippen LogP contribution in [0.1, 0.15) is 32.9 Å². The van der Waals surface area contributed by atoms with Crippen LogP contribution in [-0.2, 0) is 4.74 Å². The standard InChI is InChI=1S/C15H24N4O2/c1-11-13(17-7-6-16-11)19-8-5-12(10-19)9-18-14(20)21-15(2,3)4/h6-7,12H,5,8-10H2,1-4H3,(H,18,20)/t12-/m1/s1. The van der Waals surface area contributed by atoms with Crippen molar-refractivity contribution in [1.29, 1.82) is 0 Å². The van der Waals surface area contributed by atoms with E-state index in [2.05, 4.69) is 20.2 Å². The van der Waals surface area contributed by atoms with E-state index in [9.17, 15) is 4.79 Å². The number of carbonyl (C=O) groups is 1. The Kier molecular flexibility index (Phi) is 4.65. The fourth-order valence-corrected chi connectivity index (χ4v) is 2.44. The van der Waals surface area contributed by atoms with Crippen LogP contribution in [0.5, 0.6) is 0 Å². The summed E-state index contributed by atoms with van der Waals surface area (Å²) < 4.78 is 5.24. The maximum Gasteiger partial charge on any atom is 0.407 e. The van der Waals surface area contributed by atoms with Gasteiger partial charge in [0.05, 0.1) is 5.69 Å². The zero-order valence-electron chi connectivity index (χ0n) is 13.2. The Hall–Kier alpha value is -1.85. The molecule has 1 aliphatic rings. The lowest BCUT2D eigenvalue weighted by atomic mass is 10.1. The van der Waals surface area contributed by atoms with Gasteiger partial charge in [-0.2, -0.15) is 0 Å². The highest BCUT2D eigenvalue weighted by Crippen LogP contribution is 2.23. The summed E-state index contributed by atoms with van der Waals surface area (Å²) in [6, 6.07) is 0. The Morgan fingerprint density at radius 2 is 2.14 bits per heavy atom. The van der Waals surface area contributed by atoms with Crippen LogP contribution in [0.3, 0.4) is 0 Å². The fourth-order valence-electron chi connectivity index (χ4n) is 2.44. The van der Waals surface area contributed by atoms with Gasteiger partial charge in [-0.3, -0.25) is 4.98 Å². The molecule has 1 aliphatic heterocycles. The Morgan fingerprint density at radius 1 is 1.43 bits per heavy atom. The SMILES string of the molecule is Cc1nccnc1N1CC[C@H](CNC(=O)OC(C)(C)C)C1. The lowest BCUT2D eigenvalue weighted by Gasteiger charge is -2.21. The molecule has 1 amide bonds. The van der Waals surface area contributed by atoms with Crippen LogP contribution in [-0.4, -0.2) is 41.3 Å². The number of ether oxygens (including phenoxy) is 1. The first kappa shape index (κ1) is 15.5. The highest BCUT2D eigenvalue weighted by atomic mass is 16.6. The molecule has 1 fully saturated rings. The third kappa shape index (κ3) is 4.58. The van der Waals surface area contributed by atoms with E-state index in [0.29, 0.717) is 12.5 Å². The molecule has 0 radical (unpaired) electrons. The van der Waals surface area contributed by atoms with Crippen LogP contribution in [0.2, 0.25) is 0 Å². The van der Waals surface area contributed by atoms with E-state index >= 15 is 0 Å². The van der Waals surface area contributed by atoms with Gasteiger partial charge in [0, 0.05) is 32.0 Å². The number of amides is 1. The third-order valence-electron chi connectivity index (χ3n) is 3.37. The van der Waals surface area contributed by atoms with E-state index in [0.717, 1.165) is 31.0 Å². The number of aromatic nitrogens is 2. The molecule has 0 aliphatic carbocycles.